The van der Waals surface area contributed by atoms with Crippen LogP contribution in [0.5, 0.6) is 5.75 Å². The molecule has 13 heteroatoms. The third-order valence-electron chi connectivity index (χ3n) is 12.0. The lowest BCUT2D eigenvalue weighted by Crippen LogP contribution is -2.54. The molecule has 2 N–H and O–H groups in total. The number of nitrogens with zero attached hydrogens (tertiary/aromatic N) is 3. The number of piperidine rings is 1. The minimum absolute atomic E-state index is 0.0321. The van der Waals surface area contributed by atoms with E-state index in [4.69, 9.17) is 21.6 Å². The summed E-state index contributed by atoms with van der Waals surface area (Å²) in [6, 6.07) is 15.6. The second-order valence-corrected chi connectivity index (χ2v) is 16.1. The van der Waals surface area contributed by atoms with Crippen LogP contribution in [0.1, 0.15) is 123 Å². The molecule has 1 saturated carbocycles. The minimum atomic E-state index is -1.01. The average Bonchev–Trinajstić information content (AvgIpc) is 3.72. The largest absolute Gasteiger partial charge is 0.490 e. The van der Waals surface area contributed by atoms with Crippen LogP contribution < -0.4 is 15.4 Å². The van der Waals surface area contributed by atoms with Gasteiger partial charge in [0, 0.05) is 43.6 Å². The smallest absolute Gasteiger partial charge is 0.262 e. The van der Waals surface area contributed by atoms with Crippen LogP contribution in [0.4, 0.5) is 0 Å². The van der Waals surface area contributed by atoms with E-state index in [0.29, 0.717) is 47.3 Å². The Kier molecular flexibility index (Phi) is 10.4. The molecule has 0 bridgehead atoms. The topological polar surface area (TPSA) is 166 Å². The van der Waals surface area contributed by atoms with E-state index in [1.165, 1.54) is 11.1 Å². The first-order chi connectivity index (χ1) is 27.0. The van der Waals surface area contributed by atoms with Crippen molar-refractivity contribution in [2.75, 3.05) is 0 Å². The van der Waals surface area contributed by atoms with E-state index in [1.54, 1.807) is 35.2 Å². The standard InChI is InChI=1S/C43H42ClN5O7/c44-36-20-33(11-8-28(36)21-45)56-32-12-9-31(10-13-32)46-40(52)27-7-6-25-16-24(4-5-26(25)17-27)2-1-3-39(51)48-22-29-18-34-35(19-30(29)23-48)43(55)49(42(34)54)37-14-15-38(50)47-41(37)53/h6-8,11,17-20,24,31-32,37H,1-5,9-10,12-16,22-23H2,(H,46,52)(H,47,50,53). The van der Waals surface area contributed by atoms with E-state index >= 15 is 0 Å². The molecule has 2 atom stereocenters. The van der Waals surface area contributed by atoms with Gasteiger partial charge in [-0.05, 0) is 129 Å². The monoisotopic (exact) mass is 775 g/mol. The summed E-state index contributed by atoms with van der Waals surface area (Å²) in [6.07, 6.45) is 8.35. The van der Waals surface area contributed by atoms with Crippen molar-refractivity contribution < 1.29 is 33.5 Å². The Bertz CT molecular complexity index is 2160. The first-order valence-electron chi connectivity index (χ1n) is 19.5. The lowest BCUT2D eigenvalue weighted by Gasteiger charge is -2.30. The number of nitriles is 1. The maximum absolute atomic E-state index is 13.3. The Balaban J connectivity index is 0.774. The van der Waals surface area contributed by atoms with Crippen LogP contribution in [0.15, 0.2) is 48.5 Å². The van der Waals surface area contributed by atoms with Crippen LogP contribution in [-0.2, 0) is 40.3 Å². The third kappa shape index (κ3) is 7.52. The Morgan fingerprint density at radius 1 is 0.857 bits per heavy atom. The second-order valence-electron chi connectivity index (χ2n) is 15.7. The van der Waals surface area contributed by atoms with Crippen LogP contribution >= 0.6 is 11.6 Å². The van der Waals surface area contributed by atoms with Crippen molar-refractivity contribution in [1.29, 1.82) is 5.26 Å². The second kappa shape index (κ2) is 15.5. The average molecular weight is 776 g/mol. The normalized spacial score (nSPS) is 22.9. The summed E-state index contributed by atoms with van der Waals surface area (Å²) in [5, 5.41) is 14.9. The molecule has 3 aromatic rings. The van der Waals surface area contributed by atoms with Crippen molar-refractivity contribution in [2.24, 2.45) is 5.92 Å². The van der Waals surface area contributed by atoms with Gasteiger partial charge in [0.15, 0.2) is 0 Å². The van der Waals surface area contributed by atoms with Crippen LogP contribution in [0.3, 0.4) is 0 Å². The molecule has 3 aliphatic heterocycles. The molecule has 0 aromatic heterocycles. The molecule has 2 aliphatic carbocycles. The van der Waals surface area contributed by atoms with Crippen molar-refractivity contribution in [3.05, 3.63) is 98.1 Å². The van der Waals surface area contributed by atoms with E-state index in [2.05, 4.69) is 22.8 Å². The fraction of sp³-hybridized carbons (Fsp3) is 0.419. The molecule has 1 saturated heterocycles. The molecule has 6 amide bonds. The number of nitrogens with one attached hydrogen (secondary N) is 2. The molecule has 5 aliphatic rings. The van der Waals surface area contributed by atoms with Gasteiger partial charge in [0.05, 0.1) is 27.8 Å². The number of rotatable bonds is 9. The van der Waals surface area contributed by atoms with Gasteiger partial charge in [0.1, 0.15) is 17.9 Å². The number of hydrogen-bond acceptors (Lipinski definition) is 8. The Hall–Kier alpha value is -5.54. The van der Waals surface area contributed by atoms with Gasteiger partial charge in [-0.25, -0.2) is 0 Å². The van der Waals surface area contributed by atoms with E-state index in [9.17, 15) is 28.8 Å². The molecule has 2 unspecified atom stereocenters. The zero-order valence-corrected chi connectivity index (χ0v) is 31.7. The summed E-state index contributed by atoms with van der Waals surface area (Å²) in [7, 11) is 0. The molecule has 288 valence electrons. The number of carbonyl (C=O) groups is 6. The summed E-state index contributed by atoms with van der Waals surface area (Å²) in [6.45, 7) is 0.721. The van der Waals surface area contributed by atoms with E-state index in [-0.39, 0.29) is 47.9 Å². The van der Waals surface area contributed by atoms with E-state index < -0.39 is 29.7 Å². The number of halogens is 1. The number of ether oxygens (including phenoxy) is 1. The Labute approximate surface area is 329 Å². The molecule has 0 spiro atoms. The van der Waals surface area contributed by atoms with E-state index in [1.807, 2.05) is 12.1 Å². The predicted molar refractivity (Wildman–Crippen MR) is 203 cm³/mol. The molecular formula is C43H42ClN5O7. The summed E-state index contributed by atoms with van der Waals surface area (Å²) in [5.41, 5.74) is 5.67. The van der Waals surface area contributed by atoms with Gasteiger partial charge in [-0.15, -0.1) is 0 Å². The summed E-state index contributed by atoms with van der Waals surface area (Å²) in [4.78, 5) is 79.7. The van der Waals surface area contributed by atoms with Crippen molar-refractivity contribution in [3.8, 4) is 11.8 Å². The highest BCUT2D eigenvalue weighted by Gasteiger charge is 2.45. The molecule has 56 heavy (non-hydrogen) atoms. The number of fused-ring (bicyclic) bond motifs is 3. The van der Waals surface area contributed by atoms with Crippen LogP contribution in [-0.4, -0.2) is 63.4 Å². The van der Waals surface area contributed by atoms with Gasteiger partial charge >= 0.3 is 0 Å². The maximum Gasteiger partial charge on any atom is 0.262 e. The number of benzene rings is 3. The number of carbonyl (C=O) groups excluding carboxylic acids is 6. The first kappa shape index (κ1) is 37.4. The van der Waals surface area contributed by atoms with Gasteiger partial charge in [0.2, 0.25) is 17.7 Å². The number of aryl methyl sites for hydroxylation is 1. The highest BCUT2D eigenvalue weighted by atomic mass is 35.5. The number of amides is 6. The molecule has 3 aromatic carbocycles. The minimum Gasteiger partial charge on any atom is -0.490 e. The lowest BCUT2D eigenvalue weighted by molar-refractivity contribution is -0.136. The summed E-state index contributed by atoms with van der Waals surface area (Å²) >= 11 is 6.15. The van der Waals surface area contributed by atoms with Crippen LogP contribution in [0, 0.1) is 17.2 Å². The van der Waals surface area contributed by atoms with Gasteiger partial charge in [-0.2, -0.15) is 5.26 Å². The van der Waals surface area contributed by atoms with Gasteiger partial charge in [-0.1, -0.05) is 17.7 Å². The summed E-state index contributed by atoms with van der Waals surface area (Å²) in [5.74, 6) is -1.07. The van der Waals surface area contributed by atoms with Crippen molar-refractivity contribution in [2.45, 2.75) is 108 Å². The van der Waals surface area contributed by atoms with Gasteiger partial charge < -0.3 is 15.0 Å². The van der Waals surface area contributed by atoms with Crippen molar-refractivity contribution >= 4 is 47.0 Å². The highest BCUT2D eigenvalue weighted by Crippen LogP contribution is 2.35. The molecule has 12 nitrogen and oxygen atoms in total. The van der Waals surface area contributed by atoms with Crippen LogP contribution in [0.25, 0.3) is 0 Å². The Morgan fingerprint density at radius 2 is 1.59 bits per heavy atom. The molecule has 8 rings (SSSR count). The zero-order valence-electron chi connectivity index (χ0n) is 30.9. The molecule has 0 radical (unpaired) electrons. The fourth-order valence-electron chi connectivity index (χ4n) is 8.91. The van der Waals surface area contributed by atoms with Gasteiger partial charge in [-0.3, -0.25) is 39.0 Å². The Morgan fingerprint density at radius 3 is 2.27 bits per heavy atom. The highest BCUT2D eigenvalue weighted by molar-refractivity contribution is 6.31. The zero-order chi connectivity index (χ0) is 39.1. The van der Waals surface area contributed by atoms with Crippen LogP contribution in [0.2, 0.25) is 5.02 Å². The molecule has 3 heterocycles. The van der Waals surface area contributed by atoms with Crippen molar-refractivity contribution in [1.82, 2.24) is 20.4 Å². The third-order valence-corrected chi connectivity index (χ3v) is 12.3. The fourth-order valence-corrected chi connectivity index (χ4v) is 9.12. The predicted octanol–water partition coefficient (Wildman–Crippen LogP) is 5.55. The van der Waals surface area contributed by atoms with Crippen molar-refractivity contribution in [3.63, 3.8) is 0 Å². The molecule has 2 fully saturated rings. The first-order valence-corrected chi connectivity index (χ1v) is 19.9. The summed E-state index contributed by atoms with van der Waals surface area (Å²) < 4.78 is 6.10. The lowest BCUT2D eigenvalue weighted by atomic mass is 9.81. The maximum atomic E-state index is 13.3. The number of imide groups is 2. The van der Waals surface area contributed by atoms with Gasteiger partial charge in [0.25, 0.3) is 17.7 Å². The number of hydrogen-bond donors (Lipinski definition) is 2. The quantitative estimate of drug-likeness (QED) is 0.267. The molecular weight excluding hydrogens is 734 g/mol. The SMILES string of the molecule is N#Cc1ccc(OC2CCC(NC(=O)c3ccc4c(c3)CCC(CCCC(=O)N3Cc5cc6c(cc5C3)C(=O)N(C3CCC(=O)NC3=O)C6=O)C4)CC2)cc1Cl. The van der Waals surface area contributed by atoms with E-state index in [0.717, 1.165) is 73.8 Å².